The second-order valence-corrected chi connectivity index (χ2v) is 23.9. The van der Waals surface area contributed by atoms with Crippen LogP contribution in [0.1, 0.15) is 62.1 Å². The number of carbonyl (C=O) groups excluding carboxylic acids is 6. The summed E-state index contributed by atoms with van der Waals surface area (Å²) in [5.41, 5.74) is 8.11. The van der Waals surface area contributed by atoms with Crippen molar-refractivity contribution >= 4 is 131 Å². The first-order valence-corrected chi connectivity index (χ1v) is 32.2. The smallest absolute Gasteiger partial charge is 0.545 e. The second kappa shape index (κ2) is 50.0. The van der Waals surface area contributed by atoms with E-state index in [0.717, 1.165) is 72.4 Å². The number of carboxylic acids is 6. The number of benzene rings is 6. The zero-order chi connectivity index (χ0) is 69.8. The van der Waals surface area contributed by atoms with Gasteiger partial charge in [0.2, 0.25) is 0 Å². The minimum Gasteiger partial charge on any atom is -0.545 e. The molecule has 0 radical (unpaired) electrons. The molecule has 12 rings (SSSR count). The molecule has 0 aliphatic heterocycles. The van der Waals surface area contributed by atoms with Gasteiger partial charge in [0.1, 0.15) is 0 Å². The van der Waals surface area contributed by atoms with Crippen molar-refractivity contribution in [2.24, 2.45) is 0 Å². The molecule has 20 nitrogen and oxygen atoms in total. The third-order valence-corrected chi connectivity index (χ3v) is 14.9. The fraction of sp³-hybridized carbons (Fsp3) is 0. The summed E-state index contributed by atoms with van der Waals surface area (Å²) in [5, 5.41) is 61.1. The number of hydrogen-bond acceptors (Lipinski definition) is 18. The Kier molecular flexibility index (Phi) is 45.3. The van der Waals surface area contributed by atoms with E-state index < -0.39 is 35.8 Å². The van der Waals surface area contributed by atoms with Gasteiger partial charge < -0.3 is 70.4 Å². The van der Waals surface area contributed by atoms with Gasteiger partial charge in [-0.25, -0.2) is 9.97 Å². The summed E-state index contributed by atoms with van der Waals surface area (Å²) in [6.07, 6.45) is 7.07. The average molecular weight is 1990 g/mol. The second-order valence-electron chi connectivity index (χ2n) is 18.4. The Morgan fingerprint density at radius 1 is 0.210 bits per heavy atom. The fourth-order valence-electron chi connectivity index (χ4n) is 7.01. The van der Waals surface area contributed by atoms with Crippen molar-refractivity contribution < 1.29 is 153 Å². The summed E-state index contributed by atoms with van der Waals surface area (Å²) in [6, 6.07) is 72.7. The molecule has 6 aromatic heterocycles. The molecule has 12 aromatic rings. The molecular weight excluding hydrogens is 1930 g/mol. The first kappa shape index (κ1) is 90.6. The summed E-state index contributed by atoms with van der Waals surface area (Å²) >= 11 is 19.1. The maximum atomic E-state index is 10.2. The van der Waals surface area contributed by atoms with Crippen molar-refractivity contribution in [2.75, 3.05) is 0 Å². The number of hydrogen-bond donors (Lipinski definition) is 0. The molecular formula is C72H52Br6N6O14Pr2+2. The van der Waals surface area contributed by atoms with Gasteiger partial charge in [-0.2, -0.15) is 0 Å². The van der Waals surface area contributed by atoms with Crippen LogP contribution in [0.4, 0.5) is 0 Å². The van der Waals surface area contributed by atoms with Crippen molar-refractivity contribution in [3.05, 3.63) is 340 Å². The fourth-order valence-corrected chi connectivity index (χ4v) is 8.60. The number of rotatable bonds is 10. The van der Waals surface area contributed by atoms with Gasteiger partial charge in [0.15, 0.2) is 0 Å². The number of halogens is 6. The molecule has 6 aromatic carbocycles. The molecule has 100 heavy (non-hydrogen) atoms. The van der Waals surface area contributed by atoms with E-state index in [1.54, 1.807) is 97.6 Å². The molecule has 0 aliphatic carbocycles. The summed E-state index contributed by atoms with van der Waals surface area (Å²) in [5.74, 6) is -6.88. The number of pyridine rings is 6. The van der Waals surface area contributed by atoms with Gasteiger partial charge in [-0.3, -0.25) is 19.9 Å². The standard InChI is InChI=1S/2C15H11N3.6C7H5BrO2.2H2O.2Pr/c2*1-3-10-16-12(6-1)14-8-5-9-15(18-14)13-7-2-4-11-17-13;6*8-6-3-1-5(2-4-6)7(9)10;;;;/h2*1-11H;6*1-4H,(H,9,10);2*1H2;;/q;;;;;;;;;;2*+3/p-4. The number of aromatic carboxylic acids is 6. The molecule has 0 unspecified atom stereocenters. The van der Waals surface area contributed by atoms with Crippen molar-refractivity contribution in [2.45, 2.75) is 0 Å². The Morgan fingerprint density at radius 2 is 0.350 bits per heavy atom. The van der Waals surface area contributed by atoms with Gasteiger partial charge in [0.05, 0.1) is 81.4 Å². The first-order valence-electron chi connectivity index (χ1n) is 27.5. The van der Waals surface area contributed by atoms with Crippen LogP contribution < -0.4 is 30.6 Å². The molecule has 0 bridgehead atoms. The van der Waals surface area contributed by atoms with Crippen molar-refractivity contribution in [1.29, 1.82) is 0 Å². The van der Waals surface area contributed by atoms with E-state index in [0.29, 0.717) is 0 Å². The Bertz CT molecular complexity index is 3750. The number of carbonyl (C=O) groups is 6. The van der Waals surface area contributed by atoms with Crippen LogP contribution in [0, 0.1) is 82.6 Å². The average Bonchev–Trinajstić information content (AvgIpc) is 0.848. The van der Waals surface area contributed by atoms with E-state index in [-0.39, 0.29) is 127 Å². The molecule has 0 saturated heterocycles. The Morgan fingerprint density at radius 3 is 0.470 bits per heavy atom. The predicted molar refractivity (Wildman–Crippen MR) is 382 cm³/mol. The molecule has 500 valence electrons. The van der Waals surface area contributed by atoms with E-state index in [4.69, 9.17) is 0 Å². The molecule has 0 spiro atoms. The Labute approximate surface area is 690 Å². The minimum absolute atomic E-state index is 0. The van der Waals surface area contributed by atoms with Crippen LogP contribution in [-0.2, 0) is 11.0 Å². The molecule has 0 atom stereocenters. The van der Waals surface area contributed by atoms with Crippen molar-refractivity contribution in [1.82, 2.24) is 29.9 Å². The van der Waals surface area contributed by atoms with Gasteiger partial charge in [-0.05, 0) is 179 Å². The summed E-state index contributed by atoms with van der Waals surface area (Å²) in [6.45, 7) is 0. The Balaban J connectivity index is 0.000000577. The largest absolute Gasteiger partial charge is 3.00 e. The van der Waals surface area contributed by atoms with Crippen LogP contribution in [0.15, 0.2) is 306 Å². The monoisotopic (exact) mass is 1980 g/mol. The summed E-state index contributed by atoms with van der Waals surface area (Å²) in [4.78, 5) is 87.5. The van der Waals surface area contributed by atoms with Crippen LogP contribution in [0.3, 0.4) is 0 Å². The minimum atomic E-state index is -1.15. The molecule has 28 heteroatoms. The van der Waals surface area contributed by atoms with Crippen LogP contribution in [-0.4, -0.2) is 65.7 Å². The van der Waals surface area contributed by atoms with E-state index in [9.17, 15) is 59.4 Å². The maximum Gasteiger partial charge on any atom is 3.00 e. The third kappa shape index (κ3) is 34.8. The predicted octanol–water partition coefficient (Wildman–Crippen LogP) is 9.44. The molecule has 0 amide bonds. The number of aromatic nitrogens is 6. The SMILES string of the molecule is O=C([O-])c1ccc(Br)cc1.O=C([O-])c1ccc(Br)cc1.O=C([O-])c1ccc(Br)cc1.O=C([O-])c1ccc(Br)cc1.O=C([O-])c1ccc(Br)cc1.O=C([O-])c1ccc(Br)cc1.[OH3+].[OH3+].[Pr+3].[Pr+3].c1ccc(-c2cccc(-c3ccccn3)n2)nc1.c1ccc(-c2cccc(-c3ccccn3)n2)nc1. The van der Waals surface area contributed by atoms with Crippen molar-refractivity contribution in [3.8, 4) is 45.6 Å². The van der Waals surface area contributed by atoms with Crippen molar-refractivity contribution in [3.63, 3.8) is 0 Å². The topological polar surface area (TPSA) is 384 Å². The third-order valence-electron chi connectivity index (χ3n) is 11.7. The van der Waals surface area contributed by atoms with Crippen LogP contribution >= 0.6 is 95.6 Å². The first-order chi connectivity index (χ1) is 46.1. The summed E-state index contributed by atoms with van der Waals surface area (Å²) < 4.78 is 5.15. The van der Waals surface area contributed by atoms with E-state index in [1.165, 1.54) is 72.8 Å². The Hall–Kier alpha value is -7.43. The quantitative estimate of drug-likeness (QED) is 0.115. The molecule has 0 saturated carbocycles. The molecule has 0 fully saturated rings. The molecule has 6 heterocycles. The number of nitrogens with zero attached hydrogens (tertiary/aromatic N) is 6. The van der Waals surface area contributed by atoms with Crippen LogP contribution in [0.5, 0.6) is 0 Å². The molecule has 0 aliphatic rings. The normalized spacial score (nSPS) is 9.26. The zero-order valence-electron chi connectivity index (χ0n) is 51.7. The van der Waals surface area contributed by atoms with Gasteiger partial charge in [0, 0.05) is 51.6 Å². The van der Waals surface area contributed by atoms with E-state index >= 15 is 0 Å². The van der Waals surface area contributed by atoms with Gasteiger partial charge in [0.25, 0.3) is 0 Å². The van der Waals surface area contributed by atoms with Gasteiger partial charge in [-0.15, -0.1) is 0 Å². The van der Waals surface area contributed by atoms with Crippen LogP contribution in [0.25, 0.3) is 45.6 Å². The summed E-state index contributed by atoms with van der Waals surface area (Å²) in [7, 11) is 0. The van der Waals surface area contributed by atoms with Gasteiger partial charge in [-0.1, -0.05) is 205 Å². The van der Waals surface area contributed by atoms with E-state index in [2.05, 4.69) is 125 Å². The van der Waals surface area contributed by atoms with Gasteiger partial charge >= 0.3 is 82.6 Å². The molecule has 6 N–H and O–H groups in total. The van der Waals surface area contributed by atoms with E-state index in [1.807, 2.05) is 109 Å². The number of carboxylic acid groups (broad SMARTS) is 6. The van der Waals surface area contributed by atoms with Crippen LogP contribution in [0.2, 0.25) is 0 Å². The zero-order valence-corrected chi connectivity index (χ0v) is 68.6. The maximum absolute atomic E-state index is 10.2.